The van der Waals surface area contributed by atoms with Crippen molar-refractivity contribution in [1.82, 2.24) is 15.2 Å². The number of pyridine rings is 1. The van der Waals surface area contributed by atoms with Crippen LogP contribution in [0.25, 0.3) is 0 Å². The molecule has 1 aliphatic heterocycles. The Bertz CT molecular complexity index is 841. The number of carbonyl (C=O) groups is 2. The molecule has 130 valence electrons. The molecule has 2 N–H and O–H groups in total. The Morgan fingerprint density at radius 1 is 1.16 bits per heavy atom. The van der Waals surface area contributed by atoms with Gasteiger partial charge in [0, 0.05) is 32.1 Å². The highest BCUT2D eigenvalue weighted by Crippen LogP contribution is 2.28. The van der Waals surface area contributed by atoms with E-state index in [1.54, 1.807) is 11.0 Å². The van der Waals surface area contributed by atoms with E-state index in [4.69, 9.17) is 0 Å². The Morgan fingerprint density at radius 2 is 1.88 bits per heavy atom. The Morgan fingerprint density at radius 3 is 2.52 bits per heavy atom. The molecule has 1 fully saturated rings. The highest BCUT2D eigenvalue weighted by Gasteiger charge is 2.37. The van der Waals surface area contributed by atoms with Crippen molar-refractivity contribution in [2.24, 2.45) is 0 Å². The first-order valence-electron chi connectivity index (χ1n) is 8.26. The second-order valence-electron chi connectivity index (χ2n) is 6.45. The van der Waals surface area contributed by atoms with Crippen LogP contribution < -0.4 is 10.9 Å². The Hall–Kier alpha value is -2.89. The number of hydrogen-bond acceptors (Lipinski definition) is 3. The Kier molecular flexibility index (Phi) is 4.70. The summed E-state index contributed by atoms with van der Waals surface area (Å²) in [6.07, 6.45) is 1.50. The lowest BCUT2D eigenvalue weighted by Crippen LogP contribution is -2.39. The van der Waals surface area contributed by atoms with Crippen molar-refractivity contribution in [2.75, 3.05) is 13.1 Å². The van der Waals surface area contributed by atoms with Crippen molar-refractivity contribution in [3.8, 4) is 0 Å². The predicted molar refractivity (Wildman–Crippen MR) is 94.5 cm³/mol. The number of benzene rings is 1. The number of likely N-dealkylation sites (tertiary alicyclic amines) is 1. The summed E-state index contributed by atoms with van der Waals surface area (Å²) < 4.78 is 0. The lowest BCUT2D eigenvalue weighted by Gasteiger charge is -2.19. The van der Waals surface area contributed by atoms with Gasteiger partial charge in [-0.05, 0) is 24.6 Å². The Balaban J connectivity index is 1.87. The lowest BCUT2D eigenvalue weighted by molar-refractivity contribution is -0.119. The van der Waals surface area contributed by atoms with Gasteiger partial charge < -0.3 is 15.2 Å². The number of carbonyl (C=O) groups excluding carboxylic acids is 2. The molecular formula is C19H21N3O3. The third-order valence-electron chi connectivity index (χ3n) is 4.55. The third-order valence-corrected chi connectivity index (χ3v) is 4.55. The van der Waals surface area contributed by atoms with Crippen LogP contribution in [0.5, 0.6) is 0 Å². The molecule has 3 rings (SSSR count). The van der Waals surface area contributed by atoms with Crippen LogP contribution in [0, 0.1) is 6.92 Å². The van der Waals surface area contributed by atoms with Crippen molar-refractivity contribution < 1.29 is 9.59 Å². The van der Waals surface area contributed by atoms with E-state index in [-0.39, 0.29) is 29.3 Å². The van der Waals surface area contributed by atoms with Crippen molar-refractivity contribution >= 4 is 11.8 Å². The molecule has 1 aromatic carbocycles. The molecule has 0 radical (unpaired) electrons. The fourth-order valence-corrected chi connectivity index (χ4v) is 3.29. The molecule has 1 aliphatic rings. The fourth-order valence-electron chi connectivity index (χ4n) is 3.29. The first kappa shape index (κ1) is 17.0. The molecule has 1 aromatic heterocycles. The van der Waals surface area contributed by atoms with Gasteiger partial charge in [0.25, 0.3) is 11.5 Å². The molecule has 2 heterocycles. The summed E-state index contributed by atoms with van der Waals surface area (Å²) in [7, 11) is 0. The summed E-state index contributed by atoms with van der Waals surface area (Å²) >= 11 is 0. The van der Waals surface area contributed by atoms with Gasteiger partial charge in [0.05, 0.1) is 6.04 Å². The molecule has 25 heavy (non-hydrogen) atoms. The lowest BCUT2D eigenvalue weighted by atomic mass is 9.93. The van der Waals surface area contributed by atoms with Crippen molar-refractivity contribution in [3.05, 3.63) is 69.6 Å². The van der Waals surface area contributed by atoms with E-state index in [1.165, 1.54) is 19.2 Å². The minimum absolute atomic E-state index is 0.00348. The summed E-state index contributed by atoms with van der Waals surface area (Å²) in [6.45, 7) is 4.33. The van der Waals surface area contributed by atoms with Gasteiger partial charge in [-0.15, -0.1) is 0 Å². The number of hydrogen-bond donors (Lipinski definition) is 2. The number of H-pyrrole nitrogens is 1. The molecule has 0 bridgehead atoms. The van der Waals surface area contributed by atoms with Crippen LogP contribution in [-0.2, 0) is 4.79 Å². The summed E-state index contributed by atoms with van der Waals surface area (Å²) in [5.74, 6) is -0.447. The van der Waals surface area contributed by atoms with Gasteiger partial charge in [-0.1, -0.05) is 29.8 Å². The zero-order valence-corrected chi connectivity index (χ0v) is 14.3. The van der Waals surface area contributed by atoms with Gasteiger partial charge in [0.2, 0.25) is 5.91 Å². The van der Waals surface area contributed by atoms with Gasteiger partial charge in [0.1, 0.15) is 5.56 Å². The normalized spacial score (nSPS) is 19.7. The van der Waals surface area contributed by atoms with Gasteiger partial charge in [-0.25, -0.2) is 0 Å². The molecule has 2 aromatic rings. The molecule has 2 atom stereocenters. The van der Waals surface area contributed by atoms with E-state index in [2.05, 4.69) is 10.3 Å². The van der Waals surface area contributed by atoms with Crippen LogP contribution in [0.4, 0.5) is 0 Å². The Labute approximate surface area is 145 Å². The predicted octanol–water partition coefficient (Wildman–Crippen LogP) is 1.43. The van der Waals surface area contributed by atoms with Crippen LogP contribution in [0.1, 0.15) is 34.3 Å². The number of nitrogens with one attached hydrogen (secondary N) is 2. The van der Waals surface area contributed by atoms with Crippen LogP contribution in [0.15, 0.2) is 47.4 Å². The molecular weight excluding hydrogens is 318 g/mol. The van der Waals surface area contributed by atoms with Gasteiger partial charge in [0.15, 0.2) is 0 Å². The molecule has 0 aliphatic carbocycles. The average molecular weight is 339 g/mol. The van der Waals surface area contributed by atoms with Crippen LogP contribution >= 0.6 is 0 Å². The van der Waals surface area contributed by atoms with E-state index in [1.807, 2.05) is 31.2 Å². The minimum atomic E-state index is -0.401. The smallest absolute Gasteiger partial charge is 0.260 e. The zero-order chi connectivity index (χ0) is 18.0. The number of aromatic amines is 1. The largest absolute Gasteiger partial charge is 0.351 e. The van der Waals surface area contributed by atoms with E-state index in [0.717, 1.165) is 11.1 Å². The van der Waals surface area contributed by atoms with Crippen molar-refractivity contribution in [1.29, 1.82) is 0 Å². The average Bonchev–Trinajstić information content (AvgIpc) is 2.98. The standard InChI is InChI=1S/C19H21N3O3/c1-12-5-7-14(8-6-12)16-10-22(11-17(16)21-13(2)23)19(25)15-4-3-9-20-18(15)24/h3-9,16-17H,10-11H2,1-2H3,(H,20,24)(H,21,23)/t16-,17+/m0/s1. The molecule has 1 saturated heterocycles. The maximum Gasteiger partial charge on any atom is 0.260 e. The number of nitrogens with zero attached hydrogens (tertiary/aromatic N) is 1. The summed E-state index contributed by atoms with van der Waals surface area (Å²) in [5.41, 5.74) is 1.94. The first-order valence-corrected chi connectivity index (χ1v) is 8.26. The van der Waals surface area contributed by atoms with E-state index < -0.39 is 5.56 Å². The van der Waals surface area contributed by atoms with Crippen LogP contribution in [0.3, 0.4) is 0 Å². The van der Waals surface area contributed by atoms with E-state index in [0.29, 0.717) is 13.1 Å². The quantitative estimate of drug-likeness (QED) is 0.887. The highest BCUT2D eigenvalue weighted by molar-refractivity contribution is 5.94. The molecule has 6 heteroatoms. The SMILES string of the molecule is CC(=O)N[C@@H]1CN(C(=O)c2ccc[nH]c2=O)C[C@H]1c1ccc(C)cc1. The van der Waals surface area contributed by atoms with Gasteiger partial charge in [-0.2, -0.15) is 0 Å². The zero-order valence-electron chi connectivity index (χ0n) is 14.3. The van der Waals surface area contributed by atoms with Gasteiger partial charge >= 0.3 is 0 Å². The van der Waals surface area contributed by atoms with Crippen molar-refractivity contribution in [3.63, 3.8) is 0 Å². The summed E-state index contributed by atoms with van der Waals surface area (Å²) in [6, 6.07) is 11.1. The van der Waals surface area contributed by atoms with Crippen LogP contribution in [-0.4, -0.2) is 40.8 Å². The topological polar surface area (TPSA) is 82.3 Å². The third kappa shape index (κ3) is 3.63. The molecule has 2 amide bonds. The number of aromatic nitrogens is 1. The molecule has 6 nitrogen and oxygen atoms in total. The number of amides is 2. The number of aryl methyl sites for hydroxylation is 1. The van der Waals surface area contributed by atoms with Crippen molar-refractivity contribution in [2.45, 2.75) is 25.8 Å². The van der Waals surface area contributed by atoms with Crippen LogP contribution in [0.2, 0.25) is 0 Å². The molecule has 0 spiro atoms. The van der Waals surface area contributed by atoms with Gasteiger partial charge in [-0.3, -0.25) is 14.4 Å². The number of rotatable bonds is 3. The fraction of sp³-hybridized carbons (Fsp3) is 0.316. The molecule has 0 unspecified atom stereocenters. The maximum absolute atomic E-state index is 12.7. The second-order valence-corrected chi connectivity index (χ2v) is 6.45. The maximum atomic E-state index is 12.7. The molecule has 0 saturated carbocycles. The van der Waals surface area contributed by atoms with E-state index in [9.17, 15) is 14.4 Å². The van der Waals surface area contributed by atoms with E-state index >= 15 is 0 Å². The first-order chi connectivity index (χ1) is 12.0. The highest BCUT2D eigenvalue weighted by atomic mass is 16.2. The monoisotopic (exact) mass is 339 g/mol. The summed E-state index contributed by atoms with van der Waals surface area (Å²) in [5, 5.41) is 2.94. The summed E-state index contributed by atoms with van der Waals surface area (Å²) in [4.78, 5) is 40.3. The second kappa shape index (κ2) is 6.93. The minimum Gasteiger partial charge on any atom is -0.351 e.